The third-order valence-electron chi connectivity index (χ3n) is 5.47. The molecule has 1 aromatic heterocycles. The van der Waals surface area contributed by atoms with Crippen LogP contribution in [0.3, 0.4) is 0 Å². The van der Waals surface area contributed by atoms with Crippen LogP contribution in [0.4, 0.5) is 5.69 Å². The van der Waals surface area contributed by atoms with Crippen LogP contribution in [0.25, 0.3) is 0 Å². The van der Waals surface area contributed by atoms with Gasteiger partial charge in [-0.05, 0) is 62.9 Å². The Balaban J connectivity index is 1.55. The van der Waals surface area contributed by atoms with E-state index in [9.17, 15) is 13.2 Å². The maximum atomic E-state index is 12.6. The van der Waals surface area contributed by atoms with Gasteiger partial charge in [0, 0.05) is 38.8 Å². The second-order valence-electron chi connectivity index (χ2n) is 8.58. The molecule has 3 rings (SSSR count). The molecule has 1 fully saturated rings. The number of ether oxygens (including phenoxy) is 1. The van der Waals surface area contributed by atoms with Crippen molar-refractivity contribution in [1.29, 1.82) is 0 Å². The maximum absolute atomic E-state index is 12.6. The Kier molecular flexibility index (Phi) is 7.28. The number of carbonyl (C=O) groups excluding carboxylic acids is 1. The summed E-state index contributed by atoms with van der Waals surface area (Å²) in [5.74, 6) is 0.502. The molecule has 1 aliphatic rings. The molecule has 0 aliphatic carbocycles. The zero-order valence-electron chi connectivity index (χ0n) is 18.6. The zero-order valence-corrected chi connectivity index (χ0v) is 20.2. The number of sulfonamides is 1. The van der Waals surface area contributed by atoms with Crippen LogP contribution < -0.4 is 9.04 Å². The van der Waals surface area contributed by atoms with Crippen molar-refractivity contribution < 1.29 is 17.9 Å². The van der Waals surface area contributed by atoms with E-state index in [1.807, 2.05) is 4.90 Å². The number of amides is 1. The molecule has 2 aromatic rings. The van der Waals surface area contributed by atoms with Gasteiger partial charge in [0.2, 0.25) is 0 Å². The van der Waals surface area contributed by atoms with E-state index in [1.54, 1.807) is 41.8 Å². The van der Waals surface area contributed by atoms with Gasteiger partial charge in [-0.2, -0.15) is 0 Å². The third kappa shape index (κ3) is 5.78. The summed E-state index contributed by atoms with van der Waals surface area (Å²) in [6.45, 7) is 9.83. The molecule has 0 bridgehead atoms. The minimum Gasteiger partial charge on any atom is -0.484 e. The number of anilines is 1. The molecule has 0 N–H and O–H groups in total. The molecular weight excluding hydrogens is 434 g/mol. The molecule has 9 heteroatoms. The molecular formula is C22H31N3O4S2. The summed E-state index contributed by atoms with van der Waals surface area (Å²) in [5, 5.41) is 1.74. The summed E-state index contributed by atoms with van der Waals surface area (Å²) >= 11 is 1.18. The van der Waals surface area contributed by atoms with Crippen LogP contribution in [-0.2, 0) is 14.8 Å². The lowest BCUT2D eigenvalue weighted by atomic mass is 10.1. The average molecular weight is 466 g/mol. The van der Waals surface area contributed by atoms with Gasteiger partial charge in [-0.1, -0.05) is 6.07 Å². The van der Waals surface area contributed by atoms with Gasteiger partial charge >= 0.3 is 0 Å². The highest BCUT2D eigenvalue weighted by Crippen LogP contribution is 2.26. The normalized spacial score (nSPS) is 16.1. The van der Waals surface area contributed by atoms with Gasteiger partial charge in [-0.25, -0.2) is 8.42 Å². The van der Waals surface area contributed by atoms with Crippen LogP contribution in [0.5, 0.6) is 5.75 Å². The molecule has 1 amide bonds. The molecule has 2 heterocycles. The van der Waals surface area contributed by atoms with E-state index in [4.69, 9.17) is 4.74 Å². The van der Waals surface area contributed by atoms with Crippen LogP contribution in [-0.4, -0.2) is 69.5 Å². The fourth-order valence-electron chi connectivity index (χ4n) is 3.51. The topological polar surface area (TPSA) is 70.2 Å². The van der Waals surface area contributed by atoms with Gasteiger partial charge in [0.05, 0.1) is 5.69 Å². The highest BCUT2D eigenvalue weighted by molar-refractivity contribution is 7.94. The van der Waals surface area contributed by atoms with E-state index in [-0.39, 0.29) is 18.1 Å². The van der Waals surface area contributed by atoms with Crippen molar-refractivity contribution in [1.82, 2.24) is 9.80 Å². The van der Waals surface area contributed by atoms with Gasteiger partial charge in [0.15, 0.2) is 6.61 Å². The summed E-state index contributed by atoms with van der Waals surface area (Å²) in [6, 6.07) is 10.0. The SMILES string of the molecule is CN(c1ccc(OCC(=O)N2CCCN(C(C)(C)C)CC2)cc1)S(=O)(=O)c1cccs1. The van der Waals surface area contributed by atoms with E-state index >= 15 is 0 Å². The van der Waals surface area contributed by atoms with Crippen molar-refractivity contribution in [2.24, 2.45) is 0 Å². The van der Waals surface area contributed by atoms with Crippen molar-refractivity contribution in [3.05, 3.63) is 41.8 Å². The second-order valence-corrected chi connectivity index (χ2v) is 11.7. The largest absolute Gasteiger partial charge is 0.484 e. The number of nitrogens with zero attached hydrogens (tertiary/aromatic N) is 3. The number of carbonyl (C=O) groups is 1. The minimum atomic E-state index is -3.57. The minimum absolute atomic E-state index is 0.0296. The first kappa shape index (κ1) is 23.6. The number of thiophene rings is 1. The Bertz CT molecular complexity index is 967. The third-order valence-corrected chi connectivity index (χ3v) is 8.63. The van der Waals surface area contributed by atoms with Gasteiger partial charge in [-0.3, -0.25) is 14.0 Å². The number of benzene rings is 1. The Morgan fingerprint density at radius 2 is 1.81 bits per heavy atom. The smallest absolute Gasteiger partial charge is 0.273 e. The standard InChI is InChI=1S/C22H31N3O4S2/c1-22(2,3)25-13-6-12-24(14-15-25)20(26)17-29-19-10-8-18(9-11-19)23(4)31(27,28)21-7-5-16-30-21/h5,7-11,16H,6,12-15,17H2,1-4H3. The Labute approximate surface area is 189 Å². The predicted molar refractivity (Wildman–Crippen MR) is 124 cm³/mol. The number of hydrogen-bond donors (Lipinski definition) is 0. The van der Waals surface area contributed by atoms with Crippen LogP contribution in [0.2, 0.25) is 0 Å². The van der Waals surface area contributed by atoms with E-state index in [0.29, 0.717) is 22.2 Å². The molecule has 7 nitrogen and oxygen atoms in total. The van der Waals surface area contributed by atoms with E-state index < -0.39 is 10.0 Å². The molecule has 0 spiro atoms. The quantitative estimate of drug-likeness (QED) is 0.655. The van der Waals surface area contributed by atoms with Crippen molar-refractivity contribution in [2.75, 3.05) is 44.1 Å². The summed E-state index contributed by atoms with van der Waals surface area (Å²) in [6.07, 6.45) is 0.947. The molecule has 0 radical (unpaired) electrons. The first-order chi connectivity index (χ1) is 14.6. The monoisotopic (exact) mass is 465 g/mol. The molecule has 0 atom stereocenters. The zero-order chi connectivity index (χ0) is 22.6. The highest BCUT2D eigenvalue weighted by atomic mass is 32.2. The van der Waals surface area contributed by atoms with Crippen molar-refractivity contribution in [2.45, 2.75) is 36.9 Å². The van der Waals surface area contributed by atoms with Gasteiger partial charge in [0.1, 0.15) is 9.96 Å². The van der Waals surface area contributed by atoms with Crippen molar-refractivity contribution in [3.8, 4) is 5.75 Å². The predicted octanol–water partition coefficient (Wildman–Crippen LogP) is 3.28. The highest BCUT2D eigenvalue weighted by Gasteiger charge is 2.26. The molecule has 0 unspecified atom stereocenters. The van der Waals surface area contributed by atoms with E-state index in [2.05, 4.69) is 25.7 Å². The summed E-state index contributed by atoms with van der Waals surface area (Å²) < 4.78 is 32.5. The van der Waals surface area contributed by atoms with Crippen LogP contribution in [0.15, 0.2) is 46.0 Å². The van der Waals surface area contributed by atoms with Gasteiger partial charge in [-0.15, -0.1) is 11.3 Å². The Morgan fingerprint density at radius 3 is 2.42 bits per heavy atom. The maximum Gasteiger partial charge on any atom is 0.273 e. The molecule has 31 heavy (non-hydrogen) atoms. The van der Waals surface area contributed by atoms with Gasteiger partial charge < -0.3 is 9.64 Å². The lowest BCUT2D eigenvalue weighted by Crippen LogP contribution is -2.44. The number of hydrogen-bond acceptors (Lipinski definition) is 6. The van der Waals surface area contributed by atoms with E-state index in [1.165, 1.54) is 22.7 Å². The summed E-state index contributed by atoms with van der Waals surface area (Å²) in [4.78, 5) is 16.9. The van der Waals surface area contributed by atoms with Crippen LogP contribution >= 0.6 is 11.3 Å². The first-order valence-electron chi connectivity index (χ1n) is 10.4. The molecule has 0 saturated carbocycles. The molecule has 1 aromatic carbocycles. The van der Waals surface area contributed by atoms with Gasteiger partial charge in [0.25, 0.3) is 15.9 Å². The summed E-state index contributed by atoms with van der Waals surface area (Å²) in [7, 11) is -2.05. The Hall–Kier alpha value is -2.10. The average Bonchev–Trinajstić information content (AvgIpc) is 3.16. The molecule has 1 saturated heterocycles. The molecule has 1 aliphatic heterocycles. The fourth-order valence-corrected chi connectivity index (χ4v) is 5.87. The molecule has 170 valence electrons. The van der Waals surface area contributed by atoms with Crippen LogP contribution in [0.1, 0.15) is 27.2 Å². The lowest BCUT2D eigenvalue weighted by Gasteiger charge is -2.34. The van der Waals surface area contributed by atoms with Crippen LogP contribution in [0, 0.1) is 0 Å². The fraction of sp³-hybridized carbons (Fsp3) is 0.500. The van der Waals surface area contributed by atoms with Crippen molar-refractivity contribution >= 4 is 33.0 Å². The van der Waals surface area contributed by atoms with Crippen molar-refractivity contribution in [3.63, 3.8) is 0 Å². The number of rotatable bonds is 6. The van der Waals surface area contributed by atoms with E-state index in [0.717, 1.165) is 26.1 Å². The summed E-state index contributed by atoms with van der Waals surface area (Å²) in [5.41, 5.74) is 0.628. The Morgan fingerprint density at radius 1 is 1.10 bits per heavy atom. The second kappa shape index (κ2) is 9.58. The first-order valence-corrected chi connectivity index (χ1v) is 12.7. The lowest BCUT2D eigenvalue weighted by molar-refractivity contribution is -0.133.